The van der Waals surface area contributed by atoms with Crippen molar-refractivity contribution in [3.8, 4) is 0 Å². The van der Waals surface area contributed by atoms with Crippen LogP contribution in [0.2, 0.25) is 0 Å². The van der Waals surface area contributed by atoms with Gasteiger partial charge in [-0.15, -0.1) is 24.0 Å². The average Bonchev–Trinajstić information content (AvgIpc) is 2.70. The van der Waals surface area contributed by atoms with Gasteiger partial charge in [-0.05, 0) is 37.1 Å². The van der Waals surface area contributed by atoms with Crippen LogP contribution >= 0.6 is 24.0 Å². The molecule has 0 spiro atoms. The lowest BCUT2D eigenvalue weighted by molar-refractivity contribution is 0.103. The van der Waals surface area contributed by atoms with Gasteiger partial charge >= 0.3 is 0 Å². The molecule has 17 heavy (non-hydrogen) atoms. The van der Waals surface area contributed by atoms with E-state index in [2.05, 4.69) is 17.9 Å². The van der Waals surface area contributed by atoms with Gasteiger partial charge in [-0.1, -0.05) is 12.1 Å². The van der Waals surface area contributed by atoms with E-state index in [1.807, 2.05) is 37.4 Å². The molecule has 0 atom stereocenters. The highest BCUT2D eigenvalue weighted by molar-refractivity contribution is 7.80. The predicted molar refractivity (Wildman–Crippen MR) is 75.4 cm³/mol. The Balaban J connectivity index is 2.21. The third kappa shape index (κ3) is 2.90. The smallest absolute Gasteiger partial charge is 0.265 e. The minimum Gasteiger partial charge on any atom is -0.321 e. The summed E-state index contributed by atoms with van der Waals surface area (Å²) in [6.07, 6.45) is 0. The number of carbonyl (C=O) groups excluding carboxylic acids is 1. The van der Waals surface area contributed by atoms with E-state index in [9.17, 15) is 4.79 Å². The van der Waals surface area contributed by atoms with E-state index >= 15 is 0 Å². The standard InChI is InChI=1S/C13H13NOS2/c1-8-3-4-9(2)11(5-8)14-13(15)12-6-10(16)7-17-12/h3-7,16H,1-2H3,(H,14,15). The van der Waals surface area contributed by atoms with E-state index in [4.69, 9.17) is 0 Å². The minimum absolute atomic E-state index is 0.0796. The Labute approximate surface area is 110 Å². The lowest BCUT2D eigenvalue weighted by Crippen LogP contribution is -2.11. The van der Waals surface area contributed by atoms with Crippen LogP contribution in [0.3, 0.4) is 0 Å². The van der Waals surface area contributed by atoms with E-state index in [1.165, 1.54) is 11.3 Å². The van der Waals surface area contributed by atoms with E-state index in [-0.39, 0.29) is 5.91 Å². The van der Waals surface area contributed by atoms with Gasteiger partial charge in [0.2, 0.25) is 0 Å². The molecule has 1 heterocycles. The number of benzene rings is 1. The number of thiol groups is 1. The van der Waals surface area contributed by atoms with Gasteiger partial charge in [0, 0.05) is 16.0 Å². The van der Waals surface area contributed by atoms with Gasteiger partial charge in [0.25, 0.3) is 5.91 Å². The number of rotatable bonds is 2. The van der Waals surface area contributed by atoms with Crippen LogP contribution in [0.25, 0.3) is 0 Å². The van der Waals surface area contributed by atoms with Crippen LogP contribution in [0.15, 0.2) is 34.5 Å². The Kier molecular flexibility index (Phi) is 3.54. The summed E-state index contributed by atoms with van der Waals surface area (Å²) in [5.74, 6) is -0.0796. The molecule has 88 valence electrons. The molecule has 0 aliphatic heterocycles. The van der Waals surface area contributed by atoms with Crippen molar-refractivity contribution >= 4 is 35.6 Å². The minimum atomic E-state index is -0.0796. The second kappa shape index (κ2) is 4.94. The zero-order chi connectivity index (χ0) is 12.4. The van der Waals surface area contributed by atoms with Gasteiger partial charge in [-0.25, -0.2) is 0 Å². The first-order valence-corrected chi connectivity index (χ1v) is 6.55. The first kappa shape index (κ1) is 12.2. The zero-order valence-electron chi connectivity index (χ0n) is 9.65. The normalized spacial score (nSPS) is 10.3. The Morgan fingerprint density at radius 3 is 2.71 bits per heavy atom. The maximum Gasteiger partial charge on any atom is 0.265 e. The van der Waals surface area contributed by atoms with E-state index in [0.29, 0.717) is 4.88 Å². The van der Waals surface area contributed by atoms with E-state index in [0.717, 1.165) is 21.7 Å². The molecule has 1 N–H and O–H groups in total. The van der Waals surface area contributed by atoms with Gasteiger partial charge in [-0.3, -0.25) is 4.79 Å². The maximum atomic E-state index is 12.0. The summed E-state index contributed by atoms with van der Waals surface area (Å²) in [7, 11) is 0. The van der Waals surface area contributed by atoms with Gasteiger partial charge in [0.05, 0.1) is 4.88 Å². The Hall–Kier alpha value is -1.26. The van der Waals surface area contributed by atoms with Crippen molar-refractivity contribution in [3.63, 3.8) is 0 Å². The number of aryl methyl sites for hydroxylation is 2. The molecule has 0 fully saturated rings. The average molecular weight is 263 g/mol. The molecule has 1 amide bonds. The van der Waals surface area contributed by atoms with Crippen molar-refractivity contribution in [2.24, 2.45) is 0 Å². The third-order valence-corrected chi connectivity index (χ3v) is 3.81. The lowest BCUT2D eigenvalue weighted by Gasteiger charge is -2.08. The summed E-state index contributed by atoms with van der Waals surface area (Å²) in [4.78, 5) is 13.5. The fraction of sp³-hybridized carbons (Fsp3) is 0.154. The van der Waals surface area contributed by atoms with Crippen molar-refractivity contribution in [3.05, 3.63) is 45.6 Å². The number of anilines is 1. The molecule has 4 heteroatoms. The topological polar surface area (TPSA) is 29.1 Å². The van der Waals surface area contributed by atoms with Crippen molar-refractivity contribution in [2.75, 3.05) is 5.32 Å². The molecule has 0 saturated carbocycles. The molecule has 0 aliphatic carbocycles. The second-order valence-corrected chi connectivity index (χ2v) is 5.37. The second-order valence-electron chi connectivity index (χ2n) is 3.94. The van der Waals surface area contributed by atoms with Gasteiger partial charge in [0.15, 0.2) is 0 Å². The van der Waals surface area contributed by atoms with Crippen LogP contribution < -0.4 is 5.32 Å². The van der Waals surface area contributed by atoms with Crippen molar-refractivity contribution < 1.29 is 4.79 Å². The highest BCUT2D eigenvalue weighted by atomic mass is 32.1. The molecule has 0 unspecified atom stereocenters. The van der Waals surface area contributed by atoms with E-state index < -0.39 is 0 Å². The summed E-state index contributed by atoms with van der Waals surface area (Å²) < 4.78 is 0. The molecule has 0 aliphatic rings. The summed E-state index contributed by atoms with van der Waals surface area (Å²) in [5, 5.41) is 4.77. The number of amides is 1. The molecule has 1 aromatic heterocycles. The quantitative estimate of drug-likeness (QED) is 0.790. The highest BCUT2D eigenvalue weighted by Gasteiger charge is 2.09. The van der Waals surface area contributed by atoms with Gasteiger partial charge in [0.1, 0.15) is 0 Å². The van der Waals surface area contributed by atoms with Gasteiger partial charge < -0.3 is 5.32 Å². The van der Waals surface area contributed by atoms with Crippen molar-refractivity contribution in [1.82, 2.24) is 0 Å². The Morgan fingerprint density at radius 1 is 1.29 bits per heavy atom. The molecule has 2 aromatic rings. The third-order valence-electron chi connectivity index (χ3n) is 2.45. The molecule has 1 aromatic carbocycles. The van der Waals surface area contributed by atoms with Crippen LogP contribution in [0.5, 0.6) is 0 Å². The number of carbonyl (C=O) groups is 1. The van der Waals surface area contributed by atoms with E-state index in [1.54, 1.807) is 6.07 Å². The van der Waals surface area contributed by atoms with Crippen LogP contribution in [-0.4, -0.2) is 5.91 Å². The summed E-state index contributed by atoms with van der Waals surface area (Å²) >= 11 is 5.59. The first-order valence-electron chi connectivity index (χ1n) is 5.22. The van der Waals surface area contributed by atoms with Crippen LogP contribution in [0.1, 0.15) is 20.8 Å². The molecule has 0 radical (unpaired) electrons. The largest absolute Gasteiger partial charge is 0.321 e. The summed E-state index contributed by atoms with van der Waals surface area (Å²) in [5.41, 5.74) is 3.06. The number of hydrogen-bond donors (Lipinski definition) is 2. The number of thiophene rings is 1. The Morgan fingerprint density at radius 2 is 2.06 bits per heavy atom. The fourth-order valence-corrected chi connectivity index (χ4v) is 2.54. The fourth-order valence-electron chi connectivity index (χ4n) is 1.50. The van der Waals surface area contributed by atoms with Gasteiger partial charge in [-0.2, -0.15) is 0 Å². The van der Waals surface area contributed by atoms with Crippen LogP contribution in [0, 0.1) is 13.8 Å². The van der Waals surface area contributed by atoms with Crippen molar-refractivity contribution in [2.45, 2.75) is 18.7 Å². The molecule has 0 bridgehead atoms. The SMILES string of the molecule is Cc1ccc(C)c(NC(=O)c2cc(S)cs2)c1. The van der Waals surface area contributed by atoms with Crippen molar-refractivity contribution in [1.29, 1.82) is 0 Å². The summed E-state index contributed by atoms with van der Waals surface area (Å²) in [6.45, 7) is 3.99. The summed E-state index contributed by atoms with van der Waals surface area (Å²) in [6, 6.07) is 7.78. The van der Waals surface area contributed by atoms with Crippen LogP contribution in [0.4, 0.5) is 5.69 Å². The monoisotopic (exact) mass is 263 g/mol. The lowest BCUT2D eigenvalue weighted by atomic mass is 10.1. The zero-order valence-corrected chi connectivity index (χ0v) is 11.4. The molecular formula is C13H13NOS2. The number of nitrogens with one attached hydrogen (secondary N) is 1. The number of hydrogen-bond acceptors (Lipinski definition) is 3. The van der Waals surface area contributed by atoms with Crippen LogP contribution in [-0.2, 0) is 0 Å². The maximum absolute atomic E-state index is 12.0. The first-order chi connectivity index (χ1) is 8.06. The Bertz CT molecular complexity index is 560. The molecule has 0 saturated heterocycles. The highest BCUT2D eigenvalue weighted by Crippen LogP contribution is 2.21. The molecule has 2 rings (SSSR count). The predicted octanol–water partition coefficient (Wildman–Crippen LogP) is 3.91. The molecule has 2 nitrogen and oxygen atoms in total. The molecular weight excluding hydrogens is 250 g/mol.